The second kappa shape index (κ2) is 8.53. The zero-order chi connectivity index (χ0) is 21.4. The van der Waals surface area contributed by atoms with E-state index in [1.807, 2.05) is 7.05 Å². The number of carbonyl (C=O) groups is 2. The number of nitrogens with one attached hydrogen (secondary N) is 2. The van der Waals surface area contributed by atoms with Crippen molar-refractivity contribution in [2.45, 2.75) is 50.9 Å². The minimum absolute atomic E-state index is 0.219. The number of hydrogen-bond donors (Lipinski definition) is 2. The van der Waals surface area contributed by atoms with Crippen LogP contribution < -0.4 is 15.5 Å². The van der Waals surface area contributed by atoms with Crippen LogP contribution in [0.15, 0.2) is 6.20 Å². The third kappa shape index (κ3) is 4.15. The Bertz CT molecular complexity index is 974. The Morgan fingerprint density at radius 1 is 1.06 bits per heavy atom. The summed E-state index contributed by atoms with van der Waals surface area (Å²) in [7, 11) is 1.85. The number of aromatic nitrogens is 4. The van der Waals surface area contributed by atoms with Gasteiger partial charge >= 0.3 is 0 Å². The van der Waals surface area contributed by atoms with Crippen LogP contribution in [-0.4, -0.2) is 57.7 Å². The van der Waals surface area contributed by atoms with Crippen LogP contribution in [0, 0.1) is 11.8 Å². The third-order valence-corrected chi connectivity index (χ3v) is 7.19. The van der Waals surface area contributed by atoms with Gasteiger partial charge in [0, 0.05) is 32.8 Å². The first-order chi connectivity index (χ1) is 15.1. The normalized spacial score (nSPS) is 24.0. The van der Waals surface area contributed by atoms with E-state index in [1.165, 1.54) is 45.2 Å². The molecule has 2 aromatic heterocycles. The molecule has 2 aromatic rings. The molecule has 9 nitrogen and oxygen atoms in total. The summed E-state index contributed by atoms with van der Waals surface area (Å²) >= 11 is 0. The molecule has 0 radical (unpaired) electrons. The van der Waals surface area contributed by atoms with Crippen LogP contribution in [0.3, 0.4) is 0 Å². The molecular weight excluding hydrogens is 394 g/mol. The molecule has 0 saturated carbocycles. The second-order valence-electron chi connectivity index (χ2n) is 9.28. The van der Waals surface area contributed by atoms with Crippen LogP contribution in [0.5, 0.6) is 0 Å². The lowest BCUT2D eigenvalue weighted by molar-refractivity contribution is -0.134. The fraction of sp³-hybridized carbons (Fsp3) is 0.682. The van der Waals surface area contributed by atoms with E-state index in [-0.39, 0.29) is 11.8 Å². The number of anilines is 1. The smallest absolute Gasteiger partial charge is 0.235 e. The van der Waals surface area contributed by atoms with E-state index < -0.39 is 5.92 Å². The van der Waals surface area contributed by atoms with E-state index in [0.29, 0.717) is 18.5 Å². The highest BCUT2D eigenvalue weighted by molar-refractivity contribution is 6.02. The van der Waals surface area contributed by atoms with Gasteiger partial charge in [-0.3, -0.25) is 14.9 Å². The molecule has 1 unspecified atom stereocenters. The predicted molar refractivity (Wildman–Crippen MR) is 117 cm³/mol. The van der Waals surface area contributed by atoms with E-state index in [4.69, 9.17) is 4.98 Å². The average Bonchev–Trinajstić information content (AvgIpc) is 3.11. The van der Waals surface area contributed by atoms with E-state index in [0.717, 1.165) is 41.9 Å². The van der Waals surface area contributed by atoms with Crippen molar-refractivity contribution in [1.29, 1.82) is 0 Å². The minimum Gasteiger partial charge on any atom is -0.341 e. The number of rotatable bonds is 4. The molecule has 31 heavy (non-hydrogen) atoms. The lowest BCUT2D eigenvalue weighted by Crippen LogP contribution is -2.39. The lowest BCUT2D eigenvalue weighted by atomic mass is 9.83. The highest BCUT2D eigenvalue weighted by atomic mass is 16.2. The molecule has 0 spiro atoms. The molecule has 2 N–H and O–H groups in total. The standard InChI is InChI=1S/C22H31N7O2/c1-28-20-17(19(27-28)16-2-3-18(30)25-21(16)31)13-24-22(26-20)29-10-6-15(7-11-29)12-14-4-8-23-9-5-14/h13-16,23H,2-12H2,1H3,(H,25,30,31). The number of hydrogen-bond acceptors (Lipinski definition) is 7. The Balaban J connectivity index is 1.28. The van der Waals surface area contributed by atoms with Crippen molar-refractivity contribution in [1.82, 2.24) is 30.4 Å². The van der Waals surface area contributed by atoms with Crippen molar-refractivity contribution in [2.75, 3.05) is 31.1 Å². The van der Waals surface area contributed by atoms with Crippen molar-refractivity contribution >= 4 is 28.8 Å². The topological polar surface area (TPSA) is 105 Å². The molecule has 3 aliphatic heterocycles. The van der Waals surface area contributed by atoms with Gasteiger partial charge in [-0.05, 0) is 63.5 Å². The van der Waals surface area contributed by atoms with Crippen LogP contribution >= 0.6 is 0 Å². The number of piperidine rings is 3. The first-order valence-corrected chi connectivity index (χ1v) is 11.6. The predicted octanol–water partition coefficient (Wildman–Crippen LogP) is 1.49. The first kappa shape index (κ1) is 20.4. The number of imide groups is 1. The Kier molecular flexibility index (Phi) is 5.60. The molecule has 5 rings (SSSR count). The van der Waals surface area contributed by atoms with Crippen molar-refractivity contribution in [3.63, 3.8) is 0 Å². The van der Waals surface area contributed by atoms with E-state index in [2.05, 4.69) is 25.6 Å². The van der Waals surface area contributed by atoms with Crippen molar-refractivity contribution in [3.8, 4) is 0 Å². The molecule has 5 heterocycles. The molecule has 9 heteroatoms. The Morgan fingerprint density at radius 3 is 2.55 bits per heavy atom. The van der Waals surface area contributed by atoms with Crippen LogP contribution in [0.25, 0.3) is 11.0 Å². The molecule has 1 atom stereocenters. The average molecular weight is 426 g/mol. The largest absolute Gasteiger partial charge is 0.341 e. The van der Waals surface area contributed by atoms with Gasteiger partial charge in [-0.1, -0.05) is 0 Å². The third-order valence-electron chi connectivity index (χ3n) is 7.19. The van der Waals surface area contributed by atoms with Gasteiger partial charge in [0.25, 0.3) is 0 Å². The van der Waals surface area contributed by atoms with Gasteiger partial charge in [-0.2, -0.15) is 10.1 Å². The maximum Gasteiger partial charge on any atom is 0.235 e. The fourth-order valence-electron chi connectivity index (χ4n) is 5.38. The molecule has 0 aliphatic carbocycles. The Morgan fingerprint density at radius 2 is 1.81 bits per heavy atom. The maximum atomic E-state index is 12.3. The molecule has 0 bridgehead atoms. The number of amides is 2. The van der Waals surface area contributed by atoms with Gasteiger partial charge in [-0.15, -0.1) is 0 Å². The summed E-state index contributed by atoms with van der Waals surface area (Å²) in [5, 5.41) is 11.2. The summed E-state index contributed by atoms with van der Waals surface area (Å²) in [6.45, 7) is 4.31. The maximum absolute atomic E-state index is 12.3. The molecule has 3 aliphatic rings. The molecule has 3 fully saturated rings. The fourth-order valence-corrected chi connectivity index (χ4v) is 5.38. The second-order valence-corrected chi connectivity index (χ2v) is 9.28. The van der Waals surface area contributed by atoms with Gasteiger partial charge in [0.15, 0.2) is 5.65 Å². The van der Waals surface area contributed by atoms with Gasteiger partial charge < -0.3 is 10.2 Å². The zero-order valence-electron chi connectivity index (χ0n) is 18.1. The molecule has 2 amide bonds. The van der Waals surface area contributed by atoms with Gasteiger partial charge in [0.05, 0.1) is 17.0 Å². The van der Waals surface area contributed by atoms with Crippen LogP contribution in [0.2, 0.25) is 0 Å². The quantitative estimate of drug-likeness (QED) is 0.715. The molecular formula is C22H31N7O2. The van der Waals surface area contributed by atoms with Gasteiger partial charge in [0.2, 0.25) is 17.8 Å². The number of carbonyl (C=O) groups excluding carboxylic acids is 2. The Hall–Kier alpha value is -2.55. The number of fused-ring (bicyclic) bond motifs is 1. The molecule has 166 valence electrons. The van der Waals surface area contributed by atoms with Crippen LogP contribution in [0.1, 0.15) is 56.6 Å². The van der Waals surface area contributed by atoms with Crippen molar-refractivity contribution in [3.05, 3.63) is 11.9 Å². The van der Waals surface area contributed by atoms with Gasteiger partial charge in [-0.25, -0.2) is 9.67 Å². The summed E-state index contributed by atoms with van der Waals surface area (Å²) in [6.07, 6.45) is 8.97. The van der Waals surface area contributed by atoms with Crippen LogP contribution in [0.4, 0.5) is 5.95 Å². The summed E-state index contributed by atoms with van der Waals surface area (Å²) < 4.78 is 1.73. The van der Waals surface area contributed by atoms with E-state index in [9.17, 15) is 9.59 Å². The summed E-state index contributed by atoms with van der Waals surface area (Å²) in [6, 6.07) is 0. The lowest BCUT2D eigenvalue weighted by Gasteiger charge is -2.34. The van der Waals surface area contributed by atoms with Crippen molar-refractivity contribution < 1.29 is 9.59 Å². The van der Waals surface area contributed by atoms with Crippen LogP contribution in [-0.2, 0) is 16.6 Å². The Labute approximate surface area is 182 Å². The number of nitrogens with zero attached hydrogens (tertiary/aromatic N) is 5. The molecule has 0 aromatic carbocycles. The number of aryl methyl sites for hydroxylation is 1. The summed E-state index contributed by atoms with van der Waals surface area (Å²) in [5.41, 5.74) is 1.40. The zero-order valence-corrected chi connectivity index (χ0v) is 18.1. The minimum atomic E-state index is -0.429. The van der Waals surface area contributed by atoms with E-state index >= 15 is 0 Å². The highest BCUT2D eigenvalue weighted by Crippen LogP contribution is 2.32. The summed E-state index contributed by atoms with van der Waals surface area (Å²) in [4.78, 5) is 35.5. The highest BCUT2D eigenvalue weighted by Gasteiger charge is 2.32. The SMILES string of the molecule is Cn1nc(C2CCC(=O)NC2=O)c2cnc(N3CCC(CC4CCNCC4)CC3)nc21. The van der Waals surface area contributed by atoms with Crippen molar-refractivity contribution in [2.24, 2.45) is 18.9 Å². The summed E-state index contributed by atoms with van der Waals surface area (Å²) in [5.74, 6) is 1.50. The van der Waals surface area contributed by atoms with E-state index in [1.54, 1.807) is 10.9 Å². The first-order valence-electron chi connectivity index (χ1n) is 11.6. The monoisotopic (exact) mass is 425 g/mol. The molecule has 3 saturated heterocycles. The van der Waals surface area contributed by atoms with Gasteiger partial charge in [0.1, 0.15) is 0 Å².